The zero-order valence-corrected chi connectivity index (χ0v) is 12.7. The molecule has 3 amide bonds. The molecule has 1 rings (SSSR count). The lowest BCUT2D eigenvalue weighted by Gasteiger charge is -2.18. The molecule has 6 nitrogen and oxygen atoms in total. The quantitative estimate of drug-likeness (QED) is 0.768. The van der Waals surface area contributed by atoms with Crippen LogP contribution >= 0.6 is 0 Å². The third kappa shape index (κ3) is 6.15. The van der Waals surface area contributed by atoms with Crippen LogP contribution in [0.3, 0.4) is 0 Å². The fraction of sp³-hybridized carbons (Fsp3) is 0.429. The molecule has 0 unspecified atom stereocenters. The van der Waals surface area contributed by atoms with Gasteiger partial charge in [0.25, 0.3) is 5.91 Å². The number of benzene rings is 1. The molecule has 0 atom stereocenters. The Labute approximate surface area is 131 Å². The van der Waals surface area contributed by atoms with Crippen molar-refractivity contribution in [3.63, 3.8) is 0 Å². The van der Waals surface area contributed by atoms with Gasteiger partial charge in [-0.05, 0) is 24.6 Å². The molecule has 0 aromatic heterocycles. The molecule has 0 saturated heterocycles. The number of rotatable bonds is 5. The average molecular weight is 333 g/mol. The van der Waals surface area contributed by atoms with Crippen LogP contribution in [0.2, 0.25) is 0 Å². The number of hydrogen-bond donors (Lipinski definition) is 3. The van der Waals surface area contributed by atoms with Gasteiger partial charge in [0.15, 0.2) is 0 Å². The number of halogens is 3. The van der Waals surface area contributed by atoms with Crippen molar-refractivity contribution in [2.45, 2.75) is 13.1 Å². The Bertz CT molecular complexity index is 576. The number of amides is 3. The van der Waals surface area contributed by atoms with Crippen LogP contribution in [-0.2, 0) is 0 Å². The fourth-order valence-electron chi connectivity index (χ4n) is 1.64. The number of nitrogens with one attached hydrogen (secondary N) is 2. The number of carbonyl (C=O) groups excluding carboxylic acids is 2. The smallest absolute Gasteiger partial charge is 0.395 e. The predicted molar refractivity (Wildman–Crippen MR) is 78.3 cm³/mol. The maximum absolute atomic E-state index is 12.1. The van der Waals surface area contributed by atoms with Gasteiger partial charge in [-0.15, -0.1) is 0 Å². The van der Waals surface area contributed by atoms with E-state index in [1.807, 2.05) is 0 Å². The summed E-state index contributed by atoms with van der Waals surface area (Å²) in [4.78, 5) is 24.8. The number of alkyl halides is 3. The van der Waals surface area contributed by atoms with Crippen LogP contribution < -0.4 is 10.6 Å². The molecule has 0 spiro atoms. The summed E-state index contributed by atoms with van der Waals surface area (Å²) in [5, 5.41) is 13.1. The minimum absolute atomic E-state index is 0.0000359. The third-order valence-corrected chi connectivity index (χ3v) is 2.97. The van der Waals surface area contributed by atoms with Crippen LogP contribution in [0, 0.1) is 6.92 Å². The molecule has 9 heteroatoms. The van der Waals surface area contributed by atoms with Crippen LogP contribution in [0.4, 0.5) is 23.7 Å². The molecule has 0 radical (unpaired) electrons. The summed E-state index contributed by atoms with van der Waals surface area (Å²) in [5.41, 5.74) is 0.947. The summed E-state index contributed by atoms with van der Waals surface area (Å²) in [5.74, 6) is -0.887. The topological polar surface area (TPSA) is 81.7 Å². The Hall–Kier alpha value is -2.29. The first-order valence-corrected chi connectivity index (χ1v) is 6.72. The van der Waals surface area contributed by atoms with E-state index in [-0.39, 0.29) is 18.7 Å². The first kappa shape index (κ1) is 18.8. The third-order valence-electron chi connectivity index (χ3n) is 2.97. The number of carbonyl (C=O) groups is 2. The Morgan fingerprint density at radius 2 is 1.96 bits per heavy atom. The summed E-state index contributed by atoms with van der Waals surface area (Å²) in [6.45, 7) is 0.166. The van der Waals surface area contributed by atoms with E-state index in [2.05, 4.69) is 5.32 Å². The maximum atomic E-state index is 12.1. The molecule has 1 aromatic carbocycles. The molecular formula is C14H18F3N3O3. The van der Waals surface area contributed by atoms with E-state index in [9.17, 15) is 22.8 Å². The Morgan fingerprint density at radius 3 is 2.52 bits per heavy atom. The molecule has 128 valence electrons. The van der Waals surface area contributed by atoms with E-state index in [0.717, 1.165) is 0 Å². The van der Waals surface area contributed by atoms with Crippen molar-refractivity contribution in [1.82, 2.24) is 10.2 Å². The van der Waals surface area contributed by atoms with Crippen LogP contribution in [0.15, 0.2) is 18.2 Å². The zero-order valence-electron chi connectivity index (χ0n) is 12.7. The lowest BCUT2D eigenvalue weighted by molar-refractivity contribution is -0.123. The van der Waals surface area contributed by atoms with Gasteiger partial charge in [0.05, 0.1) is 6.61 Å². The van der Waals surface area contributed by atoms with Crippen molar-refractivity contribution in [2.75, 3.05) is 32.1 Å². The van der Waals surface area contributed by atoms with Gasteiger partial charge in [-0.1, -0.05) is 6.07 Å². The van der Waals surface area contributed by atoms with Gasteiger partial charge in [0.2, 0.25) is 0 Å². The van der Waals surface area contributed by atoms with E-state index in [0.29, 0.717) is 11.3 Å². The Morgan fingerprint density at radius 1 is 1.30 bits per heavy atom. The summed E-state index contributed by atoms with van der Waals surface area (Å²) in [6.07, 6.45) is -4.50. The van der Waals surface area contributed by atoms with Crippen LogP contribution in [-0.4, -0.2) is 54.9 Å². The highest BCUT2D eigenvalue weighted by Crippen LogP contribution is 2.18. The summed E-state index contributed by atoms with van der Waals surface area (Å²) >= 11 is 0. The van der Waals surface area contributed by atoms with E-state index in [1.54, 1.807) is 12.2 Å². The minimum atomic E-state index is -4.50. The van der Waals surface area contributed by atoms with Crippen molar-refractivity contribution in [3.05, 3.63) is 29.3 Å². The van der Waals surface area contributed by atoms with Crippen LogP contribution in [0.1, 0.15) is 15.9 Å². The van der Waals surface area contributed by atoms with Gasteiger partial charge >= 0.3 is 12.2 Å². The molecule has 3 N–H and O–H groups in total. The van der Waals surface area contributed by atoms with Crippen LogP contribution in [0.5, 0.6) is 0 Å². The SMILES string of the molecule is Cc1ccc(C(=O)NCC(F)(F)F)cc1NC(=O)N(C)CCO. The molecule has 0 aliphatic rings. The number of aliphatic hydroxyl groups is 1. The van der Waals surface area contributed by atoms with Crippen molar-refractivity contribution < 1.29 is 27.9 Å². The Balaban J connectivity index is 2.83. The summed E-state index contributed by atoms with van der Waals surface area (Å²) < 4.78 is 36.3. The van der Waals surface area contributed by atoms with Crippen molar-refractivity contribution in [1.29, 1.82) is 0 Å². The molecule has 23 heavy (non-hydrogen) atoms. The fourth-order valence-corrected chi connectivity index (χ4v) is 1.64. The highest BCUT2D eigenvalue weighted by Gasteiger charge is 2.28. The molecule has 0 aliphatic heterocycles. The van der Waals surface area contributed by atoms with Gasteiger partial charge in [-0.3, -0.25) is 4.79 Å². The molecular weight excluding hydrogens is 315 g/mol. The number of aliphatic hydroxyl groups excluding tert-OH is 1. The van der Waals surface area contributed by atoms with E-state index in [4.69, 9.17) is 5.11 Å². The number of urea groups is 1. The first-order chi connectivity index (χ1) is 10.6. The Kier molecular flexibility index (Phi) is 6.38. The van der Waals surface area contributed by atoms with E-state index < -0.39 is 24.7 Å². The second-order valence-electron chi connectivity index (χ2n) is 4.90. The van der Waals surface area contributed by atoms with Crippen molar-refractivity contribution in [3.8, 4) is 0 Å². The van der Waals surface area contributed by atoms with Gasteiger partial charge in [-0.25, -0.2) is 4.79 Å². The molecule has 0 aliphatic carbocycles. The van der Waals surface area contributed by atoms with E-state index >= 15 is 0 Å². The summed E-state index contributed by atoms with van der Waals surface area (Å²) in [7, 11) is 1.47. The number of anilines is 1. The molecule has 0 bridgehead atoms. The molecule has 0 heterocycles. The predicted octanol–water partition coefficient (Wildman–Crippen LogP) is 1.74. The second-order valence-corrected chi connectivity index (χ2v) is 4.90. The van der Waals surface area contributed by atoms with Gasteiger partial charge < -0.3 is 20.6 Å². The monoisotopic (exact) mass is 333 g/mol. The molecule has 0 fully saturated rings. The number of likely N-dealkylation sites (N-methyl/N-ethyl adjacent to an activating group) is 1. The normalized spacial score (nSPS) is 11.0. The average Bonchev–Trinajstić information content (AvgIpc) is 2.46. The second kappa shape index (κ2) is 7.82. The van der Waals surface area contributed by atoms with Crippen molar-refractivity contribution in [2.24, 2.45) is 0 Å². The number of aryl methyl sites for hydroxylation is 1. The van der Waals surface area contributed by atoms with Crippen molar-refractivity contribution >= 4 is 17.6 Å². The maximum Gasteiger partial charge on any atom is 0.405 e. The summed E-state index contributed by atoms with van der Waals surface area (Å²) in [6, 6.07) is 3.68. The number of nitrogens with zero attached hydrogens (tertiary/aromatic N) is 1. The van der Waals surface area contributed by atoms with Gasteiger partial charge in [-0.2, -0.15) is 13.2 Å². The van der Waals surface area contributed by atoms with E-state index in [1.165, 1.54) is 30.1 Å². The van der Waals surface area contributed by atoms with Crippen LogP contribution in [0.25, 0.3) is 0 Å². The van der Waals surface area contributed by atoms with Gasteiger partial charge in [0.1, 0.15) is 6.54 Å². The standard InChI is InChI=1S/C14H18F3N3O3/c1-9-3-4-10(12(22)18-8-14(15,16)17)7-11(9)19-13(23)20(2)5-6-21/h3-4,7,21H,5-6,8H2,1-2H3,(H,18,22)(H,19,23). The number of hydrogen-bond acceptors (Lipinski definition) is 3. The first-order valence-electron chi connectivity index (χ1n) is 6.72. The lowest BCUT2D eigenvalue weighted by Crippen LogP contribution is -2.34. The minimum Gasteiger partial charge on any atom is -0.395 e. The highest BCUT2D eigenvalue weighted by molar-refractivity contribution is 5.97. The van der Waals surface area contributed by atoms with Gasteiger partial charge in [0, 0.05) is 24.8 Å². The largest absolute Gasteiger partial charge is 0.405 e. The lowest BCUT2D eigenvalue weighted by atomic mass is 10.1. The molecule has 1 aromatic rings. The molecule has 0 saturated carbocycles. The zero-order chi connectivity index (χ0) is 17.6. The highest BCUT2D eigenvalue weighted by atomic mass is 19.4.